The van der Waals surface area contributed by atoms with Gasteiger partial charge in [0.25, 0.3) is 0 Å². The van der Waals surface area contributed by atoms with E-state index in [1.807, 2.05) is 38.1 Å². The first-order valence-electron chi connectivity index (χ1n) is 10.1. The van der Waals surface area contributed by atoms with Crippen molar-refractivity contribution < 1.29 is 9.59 Å². The molecule has 0 aliphatic carbocycles. The van der Waals surface area contributed by atoms with Crippen LogP contribution < -0.4 is 5.32 Å². The molecule has 2 aromatic carbocycles. The van der Waals surface area contributed by atoms with Gasteiger partial charge in [-0.15, -0.1) is 11.8 Å². The third-order valence-corrected chi connectivity index (χ3v) is 6.87. The van der Waals surface area contributed by atoms with Gasteiger partial charge in [0.15, 0.2) is 0 Å². The van der Waals surface area contributed by atoms with E-state index in [0.717, 1.165) is 12.0 Å². The Labute approximate surface area is 203 Å². The van der Waals surface area contributed by atoms with Crippen LogP contribution in [0.15, 0.2) is 42.5 Å². The van der Waals surface area contributed by atoms with Crippen molar-refractivity contribution in [2.75, 3.05) is 5.75 Å². The van der Waals surface area contributed by atoms with E-state index in [1.165, 1.54) is 16.7 Å². The predicted octanol–water partition coefficient (Wildman–Crippen LogP) is 6.21. The maximum atomic E-state index is 13.1. The summed E-state index contributed by atoms with van der Waals surface area (Å²) in [6.45, 7) is 5.81. The fourth-order valence-corrected chi connectivity index (χ4v) is 4.46. The molecule has 0 fully saturated rings. The fraction of sp³-hybridized carbons (Fsp3) is 0.391. The SMILES string of the molecule is CC[C@@H](C)NC(=O)[C@H](C)N(Cc1c(Cl)cccc1Cl)C(=O)CSCc1cccc(Cl)c1. The maximum absolute atomic E-state index is 13.1. The molecule has 2 aromatic rings. The molecule has 0 aromatic heterocycles. The second-order valence-electron chi connectivity index (χ2n) is 7.34. The fourth-order valence-electron chi connectivity index (χ4n) is 2.87. The summed E-state index contributed by atoms with van der Waals surface area (Å²) in [5, 5.41) is 4.54. The van der Waals surface area contributed by atoms with Gasteiger partial charge >= 0.3 is 0 Å². The molecule has 0 spiro atoms. The number of benzene rings is 2. The first-order chi connectivity index (χ1) is 14.7. The Morgan fingerprint density at radius 2 is 1.71 bits per heavy atom. The number of halogens is 3. The van der Waals surface area contributed by atoms with Crippen LogP contribution in [0.1, 0.15) is 38.3 Å². The van der Waals surface area contributed by atoms with Crippen LogP contribution >= 0.6 is 46.6 Å². The molecule has 4 nitrogen and oxygen atoms in total. The number of rotatable bonds is 10. The normalized spacial score (nSPS) is 12.8. The average molecular weight is 502 g/mol. The highest BCUT2D eigenvalue weighted by Crippen LogP contribution is 2.27. The van der Waals surface area contributed by atoms with E-state index in [9.17, 15) is 9.59 Å². The zero-order valence-corrected chi connectivity index (χ0v) is 20.9. The van der Waals surface area contributed by atoms with E-state index < -0.39 is 6.04 Å². The molecule has 0 radical (unpaired) electrons. The highest BCUT2D eigenvalue weighted by molar-refractivity contribution is 7.99. The van der Waals surface area contributed by atoms with Gasteiger partial charge in [-0.1, -0.05) is 59.9 Å². The van der Waals surface area contributed by atoms with Crippen molar-refractivity contribution in [3.8, 4) is 0 Å². The first-order valence-corrected chi connectivity index (χ1v) is 12.4. The largest absolute Gasteiger partial charge is 0.352 e. The minimum atomic E-state index is -0.666. The summed E-state index contributed by atoms with van der Waals surface area (Å²) >= 11 is 20.2. The number of carbonyl (C=O) groups excluding carboxylic acids is 2. The second-order valence-corrected chi connectivity index (χ2v) is 9.57. The average Bonchev–Trinajstić information content (AvgIpc) is 2.73. The van der Waals surface area contributed by atoms with Gasteiger partial charge in [0.05, 0.1) is 5.75 Å². The van der Waals surface area contributed by atoms with Gasteiger partial charge in [-0.2, -0.15) is 0 Å². The smallest absolute Gasteiger partial charge is 0.242 e. The predicted molar refractivity (Wildman–Crippen MR) is 132 cm³/mol. The Hall–Kier alpha value is -1.40. The molecule has 0 unspecified atom stereocenters. The summed E-state index contributed by atoms with van der Waals surface area (Å²) in [6.07, 6.45) is 0.804. The number of nitrogens with one attached hydrogen (secondary N) is 1. The van der Waals surface area contributed by atoms with E-state index in [2.05, 4.69) is 5.32 Å². The zero-order chi connectivity index (χ0) is 23.0. The van der Waals surface area contributed by atoms with Crippen LogP contribution in [-0.2, 0) is 21.9 Å². The lowest BCUT2D eigenvalue weighted by molar-refractivity contribution is -0.138. The molecule has 8 heteroatoms. The van der Waals surface area contributed by atoms with Crippen LogP contribution in [0.5, 0.6) is 0 Å². The van der Waals surface area contributed by atoms with E-state index in [-0.39, 0.29) is 30.2 Å². The van der Waals surface area contributed by atoms with Crippen molar-refractivity contribution >= 4 is 58.4 Å². The molecule has 0 aliphatic heterocycles. The van der Waals surface area contributed by atoms with Crippen LogP contribution in [0, 0.1) is 0 Å². The van der Waals surface area contributed by atoms with Crippen molar-refractivity contribution in [1.29, 1.82) is 0 Å². The topological polar surface area (TPSA) is 49.4 Å². The standard InChI is InChI=1S/C23H27Cl3N2O2S/c1-4-15(2)27-23(30)16(3)28(12-19-20(25)9-6-10-21(19)26)22(29)14-31-13-17-7-5-8-18(24)11-17/h5-11,15-16H,4,12-14H2,1-3H3,(H,27,30)/t15-,16+/m1/s1. The summed E-state index contributed by atoms with van der Waals surface area (Å²) in [5.41, 5.74) is 1.66. The number of carbonyl (C=O) groups is 2. The lowest BCUT2D eigenvalue weighted by Gasteiger charge is -2.30. The number of thioether (sulfide) groups is 1. The molecule has 2 atom stereocenters. The van der Waals surface area contributed by atoms with Crippen molar-refractivity contribution in [2.45, 2.75) is 51.6 Å². The summed E-state index contributed by atoms with van der Waals surface area (Å²) in [7, 11) is 0. The molecule has 0 saturated carbocycles. The number of amides is 2. The molecular weight excluding hydrogens is 475 g/mol. The van der Waals surface area contributed by atoms with Gasteiger partial charge in [0.1, 0.15) is 6.04 Å². The third-order valence-electron chi connectivity index (χ3n) is 4.94. The molecule has 31 heavy (non-hydrogen) atoms. The lowest BCUT2D eigenvalue weighted by atomic mass is 10.1. The Kier molecular flexibility index (Phi) is 10.5. The van der Waals surface area contributed by atoms with Crippen molar-refractivity contribution in [3.63, 3.8) is 0 Å². The van der Waals surface area contributed by atoms with Gasteiger partial charge in [0.2, 0.25) is 11.8 Å². The molecule has 168 valence electrons. The van der Waals surface area contributed by atoms with E-state index in [1.54, 1.807) is 25.1 Å². The first kappa shape index (κ1) is 25.9. The Bertz CT molecular complexity index is 890. The van der Waals surface area contributed by atoms with Gasteiger partial charge in [-0.3, -0.25) is 9.59 Å². The van der Waals surface area contributed by atoms with Crippen LogP contribution in [-0.4, -0.2) is 34.6 Å². The Morgan fingerprint density at radius 1 is 1.06 bits per heavy atom. The molecule has 1 N–H and O–H groups in total. The lowest BCUT2D eigenvalue weighted by Crippen LogP contribution is -2.50. The molecule has 2 rings (SSSR count). The van der Waals surface area contributed by atoms with Crippen molar-refractivity contribution in [2.24, 2.45) is 0 Å². The number of hydrogen-bond acceptors (Lipinski definition) is 3. The maximum Gasteiger partial charge on any atom is 0.242 e. The molecular formula is C23H27Cl3N2O2S. The van der Waals surface area contributed by atoms with Crippen LogP contribution in [0.4, 0.5) is 0 Å². The van der Waals surface area contributed by atoms with Crippen molar-refractivity contribution in [3.05, 3.63) is 68.7 Å². The molecule has 0 bridgehead atoms. The number of hydrogen-bond donors (Lipinski definition) is 1. The van der Waals surface area contributed by atoms with Crippen molar-refractivity contribution in [1.82, 2.24) is 10.2 Å². The van der Waals surface area contributed by atoms with Crippen LogP contribution in [0.25, 0.3) is 0 Å². The van der Waals surface area contributed by atoms with Gasteiger partial charge in [0, 0.05) is 39.0 Å². The summed E-state index contributed by atoms with van der Waals surface area (Å²) in [6, 6.07) is 12.1. The molecule has 0 heterocycles. The highest BCUT2D eigenvalue weighted by Gasteiger charge is 2.27. The van der Waals surface area contributed by atoms with Gasteiger partial charge in [-0.25, -0.2) is 0 Å². The molecule has 2 amide bonds. The highest BCUT2D eigenvalue weighted by atomic mass is 35.5. The van der Waals surface area contributed by atoms with Crippen LogP contribution in [0.3, 0.4) is 0 Å². The van der Waals surface area contributed by atoms with E-state index >= 15 is 0 Å². The Morgan fingerprint density at radius 3 is 2.32 bits per heavy atom. The minimum absolute atomic E-state index is 0.0213. The molecule has 0 saturated heterocycles. The van der Waals surface area contributed by atoms with Gasteiger partial charge in [-0.05, 0) is 50.1 Å². The summed E-state index contributed by atoms with van der Waals surface area (Å²) in [5.74, 6) is 0.496. The van der Waals surface area contributed by atoms with E-state index in [0.29, 0.717) is 26.4 Å². The van der Waals surface area contributed by atoms with E-state index in [4.69, 9.17) is 34.8 Å². The number of nitrogens with zero attached hydrogens (tertiary/aromatic N) is 1. The Balaban J connectivity index is 2.15. The van der Waals surface area contributed by atoms with Crippen LogP contribution in [0.2, 0.25) is 15.1 Å². The van der Waals surface area contributed by atoms with Gasteiger partial charge < -0.3 is 10.2 Å². The second kappa shape index (κ2) is 12.6. The minimum Gasteiger partial charge on any atom is -0.352 e. The molecule has 0 aliphatic rings. The monoisotopic (exact) mass is 500 g/mol. The third kappa shape index (κ3) is 7.90. The summed E-state index contributed by atoms with van der Waals surface area (Å²) < 4.78 is 0. The quantitative estimate of drug-likeness (QED) is 0.421. The summed E-state index contributed by atoms with van der Waals surface area (Å²) in [4.78, 5) is 27.4. The zero-order valence-electron chi connectivity index (χ0n) is 17.8.